The highest BCUT2D eigenvalue weighted by Gasteiger charge is 2.21. The van der Waals surface area contributed by atoms with Crippen LogP contribution in [0.15, 0.2) is 22.7 Å². The topological polar surface area (TPSA) is 54.0 Å². The summed E-state index contributed by atoms with van der Waals surface area (Å²) < 4.78 is 2.17. The maximum Gasteiger partial charge on any atom is 0.222 e. The summed E-state index contributed by atoms with van der Waals surface area (Å²) in [6, 6.07) is 6.20. The van der Waals surface area contributed by atoms with Crippen molar-refractivity contribution in [1.29, 1.82) is 0 Å². The zero-order valence-electron chi connectivity index (χ0n) is 8.87. The predicted molar refractivity (Wildman–Crippen MR) is 72.4 cm³/mol. The van der Waals surface area contributed by atoms with Crippen molar-refractivity contribution >= 4 is 48.5 Å². The zero-order chi connectivity index (χ0) is 11.8. The number of benzene rings is 1. The monoisotopic (exact) mass is 311 g/mol. The summed E-state index contributed by atoms with van der Waals surface area (Å²) in [5.41, 5.74) is 0.976. The summed E-state index contributed by atoms with van der Waals surface area (Å²) in [5, 5.41) is 6.96. The van der Waals surface area contributed by atoms with E-state index in [2.05, 4.69) is 31.5 Å². The Hall–Kier alpha value is -1.14. The maximum atomic E-state index is 11.1. The number of fused-ring (bicyclic) bond motifs is 1. The molecule has 2 heterocycles. The molecule has 1 atom stereocenters. The van der Waals surface area contributed by atoms with Gasteiger partial charge in [-0.2, -0.15) is 0 Å². The van der Waals surface area contributed by atoms with Gasteiger partial charge in [0.1, 0.15) is 0 Å². The Kier molecular flexibility index (Phi) is 2.76. The average Bonchev–Trinajstić information content (AvgIpc) is 2.84. The van der Waals surface area contributed by atoms with E-state index in [9.17, 15) is 4.79 Å². The lowest BCUT2D eigenvalue weighted by Crippen LogP contribution is -2.22. The molecule has 17 heavy (non-hydrogen) atoms. The SMILES string of the molecule is O=C1CC(Nc2nc3cc(Br)ccc3s2)CN1. The van der Waals surface area contributed by atoms with Gasteiger partial charge in [-0.25, -0.2) is 4.98 Å². The van der Waals surface area contributed by atoms with Crippen molar-refractivity contribution in [3.8, 4) is 0 Å². The fraction of sp³-hybridized carbons (Fsp3) is 0.273. The zero-order valence-corrected chi connectivity index (χ0v) is 11.3. The van der Waals surface area contributed by atoms with E-state index in [1.165, 1.54) is 0 Å². The standard InChI is InChI=1S/C11H10BrN3OS/c12-6-1-2-9-8(3-6)15-11(17-9)14-7-4-10(16)13-5-7/h1-3,7H,4-5H2,(H,13,16)(H,14,15). The lowest BCUT2D eigenvalue weighted by Gasteiger charge is -2.07. The van der Waals surface area contributed by atoms with E-state index in [4.69, 9.17) is 0 Å². The molecule has 1 aliphatic rings. The van der Waals surface area contributed by atoms with Crippen LogP contribution in [0.3, 0.4) is 0 Å². The van der Waals surface area contributed by atoms with Crippen LogP contribution < -0.4 is 10.6 Å². The van der Waals surface area contributed by atoms with Gasteiger partial charge in [0.25, 0.3) is 0 Å². The molecule has 6 heteroatoms. The molecular formula is C11H10BrN3OS. The van der Waals surface area contributed by atoms with Crippen molar-refractivity contribution in [3.63, 3.8) is 0 Å². The number of hydrogen-bond donors (Lipinski definition) is 2. The lowest BCUT2D eigenvalue weighted by atomic mass is 10.3. The van der Waals surface area contributed by atoms with Crippen molar-refractivity contribution in [1.82, 2.24) is 10.3 Å². The Morgan fingerprint density at radius 3 is 3.18 bits per heavy atom. The number of amides is 1. The number of halogens is 1. The van der Waals surface area contributed by atoms with Crippen LogP contribution >= 0.6 is 27.3 Å². The Morgan fingerprint density at radius 2 is 2.41 bits per heavy atom. The largest absolute Gasteiger partial charge is 0.356 e. The first-order chi connectivity index (χ1) is 8.20. The first-order valence-corrected chi connectivity index (χ1v) is 6.91. The van der Waals surface area contributed by atoms with Gasteiger partial charge in [-0.05, 0) is 18.2 Å². The highest BCUT2D eigenvalue weighted by atomic mass is 79.9. The molecule has 2 N–H and O–H groups in total. The number of rotatable bonds is 2. The average molecular weight is 312 g/mol. The van der Waals surface area contributed by atoms with E-state index in [-0.39, 0.29) is 11.9 Å². The second-order valence-corrected chi connectivity index (χ2v) is 5.93. The third kappa shape index (κ3) is 2.28. The molecule has 0 radical (unpaired) electrons. The summed E-state index contributed by atoms with van der Waals surface area (Å²) in [6.07, 6.45) is 0.527. The molecule has 3 rings (SSSR count). The van der Waals surface area contributed by atoms with Crippen molar-refractivity contribution < 1.29 is 4.79 Å². The molecule has 1 aliphatic heterocycles. The number of hydrogen-bond acceptors (Lipinski definition) is 4. The minimum atomic E-state index is 0.103. The van der Waals surface area contributed by atoms with Crippen LogP contribution in [0.4, 0.5) is 5.13 Å². The Morgan fingerprint density at radius 1 is 1.53 bits per heavy atom. The van der Waals surface area contributed by atoms with E-state index < -0.39 is 0 Å². The first kappa shape index (κ1) is 11.0. The molecule has 1 saturated heterocycles. The molecule has 1 aromatic heterocycles. The van der Waals surface area contributed by atoms with Crippen LogP contribution in [0.2, 0.25) is 0 Å². The number of carbonyl (C=O) groups is 1. The van der Waals surface area contributed by atoms with Gasteiger partial charge >= 0.3 is 0 Å². The van der Waals surface area contributed by atoms with E-state index in [1.807, 2.05) is 18.2 Å². The highest BCUT2D eigenvalue weighted by Crippen LogP contribution is 2.28. The molecule has 1 aromatic carbocycles. The second kappa shape index (κ2) is 4.27. The lowest BCUT2D eigenvalue weighted by molar-refractivity contribution is -0.119. The Labute approximate surface area is 111 Å². The smallest absolute Gasteiger partial charge is 0.222 e. The fourth-order valence-corrected chi connectivity index (χ4v) is 3.12. The molecule has 0 saturated carbocycles. The van der Waals surface area contributed by atoms with Gasteiger partial charge in [-0.15, -0.1) is 0 Å². The minimum absolute atomic E-state index is 0.103. The van der Waals surface area contributed by atoms with Crippen molar-refractivity contribution in [2.24, 2.45) is 0 Å². The number of anilines is 1. The molecule has 1 unspecified atom stereocenters. The number of thiazole rings is 1. The van der Waals surface area contributed by atoms with Gasteiger partial charge in [-0.3, -0.25) is 4.79 Å². The van der Waals surface area contributed by atoms with E-state index in [0.29, 0.717) is 13.0 Å². The summed E-state index contributed by atoms with van der Waals surface area (Å²) >= 11 is 5.04. The van der Waals surface area contributed by atoms with Gasteiger partial charge in [0.05, 0.1) is 16.3 Å². The second-order valence-electron chi connectivity index (χ2n) is 3.98. The minimum Gasteiger partial charge on any atom is -0.356 e. The fourth-order valence-electron chi connectivity index (χ4n) is 1.84. The summed E-state index contributed by atoms with van der Waals surface area (Å²) in [4.78, 5) is 15.6. The summed E-state index contributed by atoms with van der Waals surface area (Å²) in [5.74, 6) is 0.103. The molecule has 4 nitrogen and oxygen atoms in total. The molecule has 2 aromatic rings. The van der Waals surface area contributed by atoms with Crippen LogP contribution in [0, 0.1) is 0 Å². The quantitative estimate of drug-likeness (QED) is 0.895. The van der Waals surface area contributed by atoms with Gasteiger partial charge in [0.2, 0.25) is 5.91 Å². The predicted octanol–water partition coefficient (Wildman–Crippen LogP) is 2.36. The number of carbonyl (C=O) groups excluding carboxylic acids is 1. The maximum absolute atomic E-state index is 11.1. The normalized spacial score (nSPS) is 19.6. The van der Waals surface area contributed by atoms with Gasteiger partial charge in [-0.1, -0.05) is 27.3 Å². The molecule has 88 valence electrons. The van der Waals surface area contributed by atoms with Crippen LogP contribution in [0.25, 0.3) is 10.2 Å². The van der Waals surface area contributed by atoms with Gasteiger partial charge in [0, 0.05) is 17.4 Å². The molecule has 0 aliphatic carbocycles. The molecule has 1 amide bonds. The van der Waals surface area contributed by atoms with E-state index in [1.54, 1.807) is 11.3 Å². The Balaban J connectivity index is 1.83. The Bertz CT molecular complexity index is 583. The number of nitrogens with one attached hydrogen (secondary N) is 2. The third-order valence-corrected chi connectivity index (χ3v) is 4.12. The van der Waals surface area contributed by atoms with Crippen LogP contribution in [-0.2, 0) is 4.79 Å². The van der Waals surface area contributed by atoms with E-state index >= 15 is 0 Å². The van der Waals surface area contributed by atoms with Gasteiger partial charge in [0.15, 0.2) is 5.13 Å². The number of nitrogens with zero attached hydrogens (tertiary/aromatic N) is 1. The van der Waals surface area contributed by atoms with E-state index in [0.717, 1.165) is 19.8 Å². The highest BCUT2D eigenvalue weighted by molar-refractivity contribution is 9.10. The van der Waals surface area contributed by atoms with Crippen LogP contribution in [0.5, 0.6) is 0 Å². The van der Waals surface area contributed by atoms with Crippen molar-refractivity contribution in [2.75, 3.05) is 11.9 Å². The summed E-state index contributed by atoms with van der Waals surface area (Å²) in [7, 11) is 0. The first-order valence-electron chi connectivity index (χ1n) is 5.30. The number of aromatic nitrogens is 1. The van der Waals surface area contributed by atoms with Crippen molar-refractivity contribution in [2.45, 2.75) is 12.5 Å². The van der Waals surface area contributed by atoms with Gasteiger partial charge < -0.3 is 10.6 Å². The van der Waals surface area contributed by atoms with Crippen molar-refractivity contribution in [3.05, 3.63) is 22.7 Å². The molecule has 0 bridgehead atoms. The summed E-state index contributed by atoms with van der Waals surface area (Å²) in [6.45, 7) is 0.679. The van der Waals surface area contributed by atoms with Crippen LogP contribution in [-0.4, -0.2) is 23.5 Å². The molecular weight excluding hydrogens is 302 g/mol. The molecule has 0 spiro atoms. The molecule has 1 fully saturated rings. The van der Waals surface area contributed by atoms with Crippen LogP contribution in [0.1, 0.15) is 6.42 Å². The third-order valence-electron chi connectivity index (χ3n) is 2.65.